The monoisotopic (exact) mass is 417 g/mol. The Bertz CT molecular complexity index is 1290. The lowest BCUT2D eigenvalue weighted by molar-refractivity contribution is -0.115. The Morgan fingerprint density at radius 1 is 1.07 bits per heavy atom. The first-order valence-corrected chi connectivity index (χ1v) is 10.1. The molecule has 7 nitrogen and oxygen atoms in total. The third kappa shape index (κ3) is 4.23. The lowest BCUT2D eigenvalue weighted by atomic mass is 10.1. The Kier molecular flexibility index (Phi) is 5.58. The third-order valence-corrected chi connectivity index (χ3v) is 5.47. The SMILES string of the molecule is Cc1cc(Sc2ncccn2)ccc1NC(=O)Cc1nn(C)c(=O)c2ccccc12. The van der Waals surface area contributed by atoms with Gasteiger partial charge in [0.15, 0.2) is 5.16 Å². The van der Waals surface area contributed by atoms with Gasteiger partial charge in [-0.15, -0.1) is 0 Å². The number of carbonyl (C=O) groups is 1. The number of nitrogens with zero attached hydrogens (tertiary/aromatic N) is 4. The van der Waals surface area contributed by atoms with E-state index in [-0.39, 0.29) is 17.9 Å². The number of hydrogen-bond acceptors (Lipinski definition) is 6. The summed E-state index contributed by atoms with van der Waals surface area (Å²) >= 11 is 1.46. The summed E-state index contributed by atoms with van der Waals surface area (Å²) in [5.41, 5.74) is 2.05. The van der Waals surface area contributed by atoms with Crippen LogP contribution in [-0.2, 0) is 18.3 Å². The van der Waals surface area contributed by atoms with Gasteiger partial charge >= 0.3 is 0 Å². The van der Waals surface area contributed by atoms with Crippen LogP contribution in [-0.4, -0.2) is 25.7 Å². The number of nitrogens with one attached hydrogen (secondary N) is 1. The summed E-state index contributed by atoms with van der Waals surface area (Å²) in [5.74, 6) is -0.193. The van der Waals surface area contributed by atoms with Crippen LogP contribution < -0.4 is 10.9 Å². The molecule has 150 valence electrons. The molecule has 0 bridgehead atoms. The molecule has 0 saturated heterocycles. The molecule has 0 radical (unpaired) electrons. The van der Waals surface area contributed by atoms with E-state index < -0.39 is 0 Å². The molecule has 0 atom stereocenters. The number of aryl methyl sites for hydroxylation is 2. The van der Waals surface area contributed by atoms with Gasteiger partial charge in [0, 0.05) is 35.4 Å². The lowest BCUT2D eigenvalue weighted by Gasteiger charge is -2.11. The quantitative estimate of drug-likeness (QED) is 0.501. The highest BCUT2D eigenvalue weighted by Crippen LogP contribution is 2.28. The van der Waals surface area contributed by atoms with Crippen LogP contribution in [0, 0.1) is 6.92 Å². The second-order valence-electron chi connectivity index (χ2n) is 6.76. The number of amides is 1. The van der Waals surface area contributed by atoms with Gasteiger partial charge in [-0.25, -0.2) is 14.6 Å². The molecule has 1 amide bonds. The molecule has 0 aliphatic rings. The van der Waals surface area contributed by atoms with Gasteiger partial charge in [0.25, 0.3) is 5.56 Å². The summed E-state index contributed by atoms with van der Waals surface area (Å²) in [6.45, 7) is 1.94. The smallest absolute Gasteiger partial charge is 0.274 e. The fraction of sp³-hybridized carbons (Fsp3) is 0.136. The Balaban J connectivity index is 1.52. The van der Waals surface area contributed by atoms with E-state index in [0.717, 1.165) is 16.1 Å². The lowest BCUT2D eigenvalue weighted by Crippen LogP contribution is -2.24. The van der Waals surface area contributed by atoms with Crippen molar-refractivity contribution in [2.75, 3.05) is 5.32 Å². The maximum absolute atomic E-state index is 12.7. The standard InChI is InChI=1S/C22H19N5O2S/c1-14-12-15(30-22-23-10-5-11-24-22)8-9-18(14)25-20(28)13-19-16-6-3-4-7-17(16)21(29)27(2)26-19/h3-12H,13H2,1-2H3,(H,25,28). The summed E-state index contributed by atoms with van der Waals surface area (Å²) in [6.07, 6.45) is 3.48. The maximum Gasteiger partial charge on any atom is 0.274 e. The van der Waals surface area contributed by atoms with Crippen LogP contribution in [0.3, 0.4) is 0 Å². The highest BCUT2D eigenvalue weighted by Gasteiger charge is 2.13. The second kappa shape index (κ2) is 8.46. The number of aromatic nitrogens is 4. The molecule has 1 N–H and O–H groups in total. The van der Waals surface area contributed by atoms with Gasteiger partial charge in [0.1, 0.15) is 0 Å². The molecule has 2 aromatic heterocycles. The molecule has 8 heteroatoms. The second-order valence-corrected chi connectivity index (χ2v) is 7.80. The molecule has 30 heavy (non-hydrogen) atoms. The third-order valence-electron chi connectivity index (χ3n) is 4.58. The summed E-state index contributed by atoms with van der Waals surface area (Å²) < 4.78 is 1.27. The maximum atomic E-state index is 12.7. The molecule has 4 aromatic rings. The minimum Gasteiger partial charge on any atom is -0.326 e. The van der Waals surface area contributed by atoms with Crippen molar-refractivity contribution < 1.29 is 4.79 Å². The van der Waals surface area contributed by atoms with Crippen molar-refractivity contribution in [1.29, 1.82) is 0 Å². The van der Waals surface area contributed by atoms with Gasteiger partial charge in [-0.1, -0.05) is 18.2 Å². The average Bonchev–Trinajstić information content (AvgIpc) is 2.74. The first kappa shape index (κ1) is 19.8. The predicted octanol–water partition coefficient (Wildman–Crippen LogP) is 3.36. The molecule has 2 heterocycles. The number of carbonyl (C=O) groups excluding carboxylic acids is 1. The van der Waals surface area contributed by atoms with Crippen LogP contribution in [0.2, 0.25) is 0 Å². The number of fused-ring (bicyclic) bond motifs is 1. The van der Waals surface area contributed by atoms with Gasteiger partial charge in [-0.3, -0.25) is 9.59 Å². The molecule has 0 aliphatic carbocycles. The van der Waals surface area contributed by atoms with E-state index in [1.165, 1.54) is 16.4 Å². The van der Waals surface area contributed by atoms with E-state index in [0.29, 0.717) is 21.6 Å². The largest absolute Gasteiger partial charge is 0.326 e. The van der Waals surface area contributed by atoms with Crippen molar-refractivity contribution in [2.45, 2.75) is 23.4 Å². The minimum atomic E-state index is -0.193. The molecule has 0 spiro atoms. The van der Waals surface area contributed by atoms with Gasteiger partial charge in [0.05, 0.1) is 17.5 Å². The van der Waals surface area contributed by atoms with Crippen molar-refractivity contribution in [3.8, 4) is 0 Å². The topological polar surface area (TPSA) is 89.8 Å². The molecule has 0 fully saturated rings. The van der Waals surface area contributed by atoms with Crippen molar-refractivity contribution in [1.82, 2.24) is 19.7 Å². The van der Waals surface area contributed by atoms with E-state index in [2.05, 4.69) is 20.4 Å². The normalized spacial score (nSPS) is 10.9. The van der Waals surface area contributed by atoms with E-state index in [1.54, 1.807) is 37.6 Å². The van der Waals surface area contributed by atoms with Crippen molar-refractivity contribution >= 4 is 34.1 Å². The van der Waals surface area contributed by atoms with E-state index >= 15 is 0 Å². The van der Waals surface area contributed by atoms with Crippen LogP contribution >= 0.6 is 11.8 Å². The van der Waals surface area contributed by atoms with Crippen LogP contribution in [0.5, 0.6) is 0 Å². The first-order chi connectivity index (χ1) is 14.5. The molecular formula is C22H19N5O2S. The molecule has 0 aliphatic heterocycles. The van der Waals surface area contributed by atoms with Crippen LogP contribution in [0.25, 0.3) is 10.8 Å². The summed E-state index contributed by atoms with van der Waals surface area (Å²) in [7, 11) is 1.59. The molecule has 2 aromatic carbocycles. The summed E-state index contributed by atoms with van der Waals surface area (Å²) in [6, 6.07) is 14.7. The zero-order valence-corrected chi connectivity index (χ0v) is 17.3. The van der Waals surface area contributed by atoms with Crippen molar-refractivity contribution in [3.63, 3.8) is 0 Å². The van der Waals surface area contributed by atoms with E-state index in [4.69, 9.17) is 0 Å². The number of hydrogen-bond donors (Lipinski definition) is 1. The van der Waals surface area contributed by atoms with E-state index in [9.17, 15) is 9.59 Å². The molecule has 4 rings (SSSR count). The van der Waals surface area contributed by atoms with Gasteiger partial charge in [-0.2, -0.15) is 5.10 Å². The van der Waals surface area contributed by atoms with Gasteiger partial charge in [-0.05, 0) is 54.6 Å². The predicted molar refractivity (Wildman–Crippen MR) is 117 cm³/mol. The minimum absolute atomic E-state index is 0.0719. The Morgan fingerprint density at radius 3 is 2.53 bits per heavy atom. The van der Waals surface area contributed by atoms with Crippen LogP contribution in [0.4, 0.5) is 5.69 Å². The van der Waals surface area contributed by atoms with Gasteiger partial charge < -0.3 is 5.32 Å². The van der Waals surface area contributed by atoms with Crippen LogP contribution in [0.15, 0.2) is 75.8 Å². The molecule has 0 saturated carbocycles. The van der Waals surface area contributed by atoms with Crippen molar-refractivity contribution in [2.24, 2.45) is 7.05 Å². The average molecular weight is 417 g/mol. The van der Waals surface area contributed by atoms with Gasteiger partial charge in [0.2, 0.25) is 5.91 Å². The summed E-state index contributed by atoms with van der Waals surface area (Å²) in [4.78, 5) is 34.3. The zero-order valence-electron chi connectivity index (χ0n) is 16.5. The fourth-order valence-electron chi connectivity index (χ4n) is 3.14. The van der Waals surface area contributed by atoms with Crippen LogP contribution in [0.1, 0.15) is 11.3 Å². The number of rotatable bonds is 5. The van der Waals surface area contributed by atoms with E-state index in [1.807, 2.05) is 37.3 Å². The highest BCUT2D eigenvalue weighted by atomic mass is 32.2. The van der Waals surface area contributed by atoms with Crippen molar-refractivity contribution in [3.05, 3.63) is 82.5 Å². The molecular weight excluding hydrogens is 398 g/mol. The highest BCUT2D eigenvalue weighted by molar-refractivity contribution is 7.99. The Morgan fingerprint density at radius 2 is 1.80 bits per heavy atom. The fourth-order valence-corrected chi connectivity index (χ4v) is 3.95. The zero-order chi connectivity index (χ0) is 21.1. The number of anilines is 1. The first-order valence-electron chi connectivity index (χ1n) is 9.31. The Labute approximate surface area is 177 Å². The molecule has 0 unspecified atom stereocenters. The number of benzene rings is 2. The summed E-state index contributed by atoms with van der Waals surface area (Å²) in [5, 5.41) is 9.15. The Hall–Kier alpha value is -3.52.